The number of aliphatic carboxylic acids is 1. The second-order valence-corrected chi connectivity index (χ2v) is 7.68. The van der Waals surface area contributed by atoms with Crippen LogP contribution in [0.4, 0.5) is 5.69 Å². The molecular weight excluding hydrogens is 404 g/mol. The number of hydrazine groups is 1. The smallest absolute Gasteiger partial charge is 0.307 e. The quantitative estimate of drug-likeness (QED) is 0.403. The third kappa shape index (κ3) is 3.92. The summed E-state index contributed by atoms with van der Waals surface area (Å²) >= 11 is 0. The number of ether oxygens (including phenoxy) is 2. The average Bonchev–Trinajstić information content (AvgIpc) is 3.21. The number of benzene rings is 2. The van der Waals surface area contributed by atoms with Gasteiger partial charge in [0.05, 0.1) is 37.3 Å². The Hall–Kier alpha value is -3.21. The van der Waals surface area contributed by atoms with Crippen LogP contribution in [0.15, 0.2) is 42.5 Å². The summed E-state index contributed by atoms with van der Waals surface area (Å²) in [6.45, 7) is 0. The summed E-state index contributed by atoms with van der Waals surface area (Å²) in [5, 5.41) is 24.5. The molecule has 2 saturated heterocycles. The average molecular weight is 428 g/mol. The maximum atomic E-state index is 12.2. The monoisotopic (exact) mass is 428 g/mol. The molecule has 10 heteroatoms. The molecule has 0 radical (unpaired) electrons. The van der Waals surface area contributed by atoms with Gasteiger partial charge in [-0.1, -0.05) is 12.1 Å². The number of nitro benzene ring substituents is 1. The van der Waals surface area contributed by atoms with E-state index in [1.54, 1.807) is 38.5 Å². The van der Waals surface area contributed by atoms with Crippen molar-refractivity contribution in [2.75, 3.05) is 14.2 Å². The van der Waals surface area contributed by atoms with E-state index >= 15 is 0 Å². The predicted molar refractivity (Wildman–Crippen MR) is 111 cm³/mol. The molecule has 0 amide bonds. The van der Waals surface area contributed by atoms with Crippen LogP contribution in [0.1, 0.15) is 29.6 Å². The fourth-order valence-corrected chi connectivity index (χ4v) is 4.58. The van der Waals surface area contributed by atoms with E-state index in [2.05, 4.69) is 16.2 Å². The van der Waals surface area contributed by atoms with Crippen LogP contribution in [0.3, 0.4) is 0 Å². The van der Waals surface area contributed by atoms with Crippen molar-refractivity contribution in [1.29, 1.82) is 0 Å². The number of carbonyl (C=O) groups is 1. The molecule has 0 bridgehead atoms. The Morgan fingerprint density at radius 1 is 1.13 bits per heavy atom. The molecule has 2 fully saturated rings. The first-order valence-corrected chi connectivity index (χ1v) is 9.89. The number of hydrogen-bond donors (Lipinski definition) is 4. The normalized spacial score (nSPS) is 27.4. The van der Waals surface area contributed by atoms with E-state index in [-0.39, 0.29) is 29.9 Å². The third-order valence-electron chi connectivity index (χ3n) is 6.09. The fraction of sp³-hybridized carbons (Fsp3) is 0.381. The lowest BCUT2D eigenvalue weighted by atomic mass is 9.74. The molecule has 2 aliphatic heterocycles. The molecule has 0 aromatic heterocycles. The maximum absolute atomic E-state index is 12.2. The Bertz CT molecular complexity index is 982. The molecule has 2 aliphatic rings. The minimum atomic E-state index is -0.888. The summed E-state index contributed by atoms with van der Waals surface area (Å²) in [4.78, 5) is 22.7. The van der Waals surface area contributed by atoms with Crippen molar-refractivity contribution >= 4 is 11.7 Å². The minimum Gasteiger partial charge on any atom is -0.497 e. The number of nitro groups is 1. The molecule has 164 valence electrons. The van der Waals surface area contributed by atoms with Crippen molar-refractivity contribution in [2.24, 2.45) is 11.8 Å². The molecule has 0 spiro atoms. The van der Waals surface area contributed by atoms with Crippen LogP contribution in [0.5, 0.6) is 11.5 Å². The van der Waals surface area contributed by atoms with Gasteiger partial charge in [0.2, 0.25) is 0 Å². The van der Waals surface area contributed by atoms with Crippen LogP contribution in [0, 0.1) is 22.0 Å². The van der Waals surface area contributed by atoms with Crippen molar-refractivity contribution in [3.63, 3.8) is 0 Å². The summed E-state index contributed by atoms with van der Waals surface area (Å²) < 4.78 is 10.8. The summed E-state index contributed by atoms with van der Waals surface area (Å²) in [6.07, 6.45) is 0.0308. The van der Waals surface area contributed by atoms with Crippen molar-refractivity contribution in [3.8, 4) is 11.5 Å². The van der Waals surface area contributed by atoms with Crippen LogP contribution < -0.4 is 25.6 Å². The Morgan fingerprint density at radius 2 is 1.87 bits per heavy atom. The minimum absolute atomic E-state index is 0.00649. The zero-order valence-electron chi connectivity index (χ0n) is 17.1. The van der Waals surface area contributed by atoms with Crippen LogP contribution >= 0.6 is 0 Å². The van der Waals surface area contributed by atoms with Gasteiger partial charge in [-0.15, -0.1) is 0 Å². The van der Waals surface area contributed by atoms with Gasteiger partial charge >= 0.3 is 5.97 Å². The Balaban J connectivity index is 1.63. The van der Waals surface area contributed by atoms with E-state index in [9.17, 15) is 20.0 Å². The number of carboxylic acids is 1. The van der Waals surface area contributed by atoms with E-state index in [4.69, 9.17) is 9.47 Å². The Morgan fingerprint density at radius 3 is 2.48 bits per heavy atom. The first-order chi connectivity index (χ1) is 14.9. The van der Waals surface area contributed by atoms with Gasteiger partial charge in [0.25, 0.3) is 5.69 Å². The largest absolute Gasteiger partial charge is 0.497 e. The third-order valence-corrected chi connectivity index (χ3v) is 6.09. The number of rotatable bonds is 6. The molecule has 2 aromatic carbocycles. The lowest BCUT2D eigenvalue weighted by Gasteiger charge is -2.39. The van der Waals surface area contributed by atoms with Crippen molar-refractivity contribution < 1.29 is 24.3 Å². The number of carboxylic acid groups (broad SMARTS) is 1. The van der Waals surface area contributed by atoms with E-state index < -0.39 is 16.8 Å². The highest BCUT2D eigenvalue weighted by Gasteiger charge is 2.49. The number of fused-ring (bicyclic) bond motifs is 1. The van der Waals surface area contributed by atoms with Crippen molar-refractivity contribution in [1.82, 2.24) is 16.2 Å². The second-order valence-electron chi connectivity index (χ2n) is 7.68. The first kappa shape index (κ1) is 21.0. The van der Waals surface area contributed by atoms with Gasteiger partial charge in [-0.25, -0.2) is 10.9 Å². The number of methoxy groups -OCH3 is 2. The van der Waals surface area contributed by atoms with Gasteiger partial charge in [0.15, 0.2) is 0 Å². The fourth-order valence-electron chi connectivity index (χ4n) is 4.58. The van der Waals surface area contributed by atoms with Gasteiger partial charge in [-0.05, 0) is 30.2 Å². The highest BCUT2D eigenvalue weighted by Crippen LogP contribution is 2.44. The summed E-state index contributed by atoms with van der Waals surface area (Å²) in [7, 11) is 3.15. The lowest BCUT2D eigenvalue weighted by Crippen LogP contribution is -2.53. The SMILES string of the molecule is COc1ccc(OC)c(C2CC(C(=O)O)C3C(NNC3c3ccc([N+](=O)[O-])cc3)N2)c1. The molecule has 2 aromatic rings. The molecule has 0 saturated carbocycles. The Labute approximate surface area is 178 Å². The number of piperidine rings is 1. The zero-order valence-corrected chi connectivity index (χ0v) is 17.1. The topological polar surface area (TPSA) is 135 Å². The van der Waals surface area contributed by atoms with E-state index in [0.717, 1.165) is 11.1 Å². The second kappa shape index (κ2) is 8.50. The van der Waals surface area contributed by atoms with Crippen LogP contribution in [-0.2, 0) is 4.79 Å². The van der Waals surface area contributed by atoms with Crippen LogP contribution in [-0.4, -0.2) is 36.4 Å². The predicted octanol–water partition coefficient (Wildman–Crippen LogP) is 2.14. The number of nitrogens with zero attached hydrogens (tertiary/aromatic N) is 1. The number of hydrogen-bond acceptors (Lipinski definition) is 8. The zero-order chi connectivity index (χ0) is 22.1. The molecule has 31 heavy (non-hydrogen) atoms. The number of non-ortho nitro benzene ring substituents is 1. The van der Waals surface area contributed by atoms with E-state index in [1.165, 1.54) is 12.1 Å². The molecule has 0 aliphatic carbocycles. The standard InChI is InChI=1S/C21H24N4O6/c1-30-13-7-8-17(31-2)14(9-13)16-10-15(21(26)27)18-19(23-24-20(18)22-16)11-3-5-12(6-4-11)25(28)29/h3-9,15-16,18-20,22-24H,10H2,1-2H3,(H,26,27). The van der Waals surface area contributed by atoms with Crippen molar-refractivity contribution in [2.45, 2.75) is 24.7 Å². The highest BCUT2D eigenvalue weighted by molar-refractivity contribution is 5.71. The van der Waals surface area contributed by atoms with Gasteiger partial charge in [-0.3, -0.25) is 20.2 Å². The summed E-state index contributed by atoms with van der Waals surface area (Å²) in [6, 6.07) is 11.1. The lowest BCUT2D eigenvalue weighted by molar-refractivity contribution is -0.384. The molecule has 2 heterocycles. The molecule has 5 unspecified atom stereocenters. The Kier molecular flexibility index (Phi) is 5.77. The highest BCUT2D eigenvalue weighted by atomic mass is 16.6. The van der Waals surface area contributed by atoms with Gasteiger partial charge in [0.1, 0.15) is 11.5 Å². The van der Waals surface area contributed by atoms with Gasteiger partial charge < -0.3 is 14.6 Å². The van der Waals surface area contributed by atoms with Crippen molar-refractivity contribution in [3.05, 3.63) is 63.7 Å². The van der Waals surface area contributed by atoms with Gasteiger partial charge in [0, 0.05) is 29.7 Å². The van der Waals surface area contributed by atoms with E-state index in [1.807, 2.05) is 6.07 Å². The molecule has 5 atom stereocenters. The molecule has 4 N–H and O–H groups in total. The molecule has 4 rings (SSSR count). The molecule has 10 nitrogen and oxygen atoms in total. The first-order valence-electron chi connectivity index (χ1n) is 9.89. The number of nitrogens with one attached hydrogen (secondary N) is 3. The summed E-state index contributed by atoms with van der Waals surface area (Å²) in [5.74, 6) is -0.533. The van der Waals surface area contributed by atoms with Gasteiger partial charge in [-0.2, -0.15) is 0 Å². The summed E-state index contributed by atoms with van der Waals surface area (Å²) in [5.41, 5.74) is 7.94. The van der Waals surface area contributed by atoms with Crippen LogP contribution in [0.2, 0.25) is 0 Å². The van der Waals surface area contributed by atoms with E-state index in [0.29, 0.717) is 17.9 Å². The van der Waals surface area contributed by atoms with Crippen LogP contribution in [0.25, 0.3) is 0 Å². The molecular formula is C21H24N4O6. The maximum Gasteiger partial charge on any atom is 0.307 e.